The van der Waals surface area contributed by atoms with Crippen LogP contribution in [0.3, 0.4) is 0 Å². The van der Waals surface area contributed by atoms with Crippen LogP contribution in [0.15, 0.2) is 30.5 Å². The van der Waals surface area contributed by atoms with Gasteiger partial charge in [0.15, 0.2) is 0 Å². The maximum absolute atomic E-state index is 12.5. The van der Waals surface area contributed by atoms with Crippen LogP contribution in [0.25, 0.3) is 10.9 Å². The van der Waals surface area contributed by atoms with Gasteiger partial charge in [0.1, 0.15) is 29.1 Å². The normalized spacial score (nSPS) is 12.0. The monoisotopic (exact) mass is 390 g/mol. The van der Waals surface area contributed by atoms with Gasteiger partial charge in [-0.25, -0.2) is 14.2 Å². The second-order valence-electron chi connectivity index (χ2n) is 8.61. The van der Waals surface area contributed by atoms with E-state index in [1.807, 2.05) is 59.7 Å². The first-order valence-corrected chi connectivity index (χ1v) is 9.28. The molecule has 0 fully saturated rings. The van der Waals surface area contributed by atoms with Gasteiger partial charge in [0.2, 0.25) is 0 Å². The van der Waals surface area contributed by atoms with Gasteiger partial charge in [-0.3, -0.25) is 0 Å². The zero-order chi connectivity index (χ0) is 21.1. The standard InChI is InChI=1S/C21H30N2O5/c1-20(2,3)27-18(24)22(7)13-14-26-16-10-8-9-15-11-12-23(17(15)16)19(25)28-21(4,5)6/h8-12H,13-14H2,1-7H3. The summed E-state index contributed by atoms with van der Waals surface area (Å²) in [7, 11) is 1.65. The highest BCUT2D eigenvalue weighted by Gasteiger charge is 2.21. The first kappa shape index (κ1) is 21.6. The highest BCUT2D eigenvalue weighted by Crippen LogP contribution is 2.27. The van der Waals surface area contributed by atoms with Crippen molar-refractivity contribution in [3.8, 4) is 5.75 Å². The lowest BCUT2D eigenvalue weighted by Gasteiger charge is -2.24. The van der Waals surface area contributed by atoms with Crippen LogP contribution in [-0.4, -0.2) is 53.1 Å². The fourth-order valence-corrected chi connectivity index (χ4v) is 2.46. The van der Waals surface area contributed by atoms with Gasteiger partial charge in [-0.15, -0.1) is 0 Å². The molecule has 0 spiro atoms. The minimum Gasteiger partial charge on any atom is -0.490 e. The van der Waals surface area contributed by atoms with Crippen molar-refractivity contribution in [3.05, 3.63) is 30.5 Å². The molecule has 0 bridgehead atoms. The molecule has 2 aromatic rings. The van der Waals surface area contributed by atoms with E-state index < -0.39 is 23.4 Å². The number of benzene rings is 1. The van der Waals surface area contributed by atoms with E-state index in [-0.39, 0.29) is 6.61 Å². The van der Waals surface area contributed by atoms with Gasteiger partial charge < -0.3 is 19.1 Å². The fourth-order valence-electron chi connectivity index (χ4n) is 2.46. The largest absolute Gasteiger partial charge is 0.490 e. The maximum atomic E-state index is 12.5. The van der Waals surface area contributed by atoms with Crippen molar-refractivity contribution < 1.29 is 23.8 Å². The van der Waals surface area contributed by atoms with Crippen LogP contribution in [0.5, 0.6) is 5.75 Å². The lowest BCUT2D eigenvalue weighted by Crippen LogP contribution is -2.36. The van der Waals surface area contributed by atoms with Gasteiger partial charge in [-0.2, -0.15) is 0 Å². The Morgan fingerprint density at radius 1 is 1.00 bits per heavy atom. The Kier molecular flexibility index (Phi) is 6.27. The minimum atomic E-state index is -0.598. The lowest BCUT2D eigenvalue weighted by atomic mass is 10.2. The molecule has 7 nitrogen and oxygen atoms in total. The predicted octanol–water partition coefficient (Wildman–Crippen LogP) is 4.67. The van der Waals surface area contributed by atoms with Crippen LogP contribution in [0.2, 0.25) is 0 Å². The number of nitrogens with zero attached hydrogens (tertiary/aromatic N) is 2. The molecule has 1 amide bonds. The van der Waals surface area contributed by atoms with E-state index in [4.69, 9.17) is 14.2 Å². The predicted molar refractivity (Wildman–Crippen MR) is 108 cm³/mol. The number of fused-ring (bicyclic) bond motifs is 1. The molecular formula is C21H30N2O5. The zero-order valence-electron chi connectivity index (χ0n) is 17.7. The van der Waals surface area contributed by atoms with Crippen LogP contribution in [-0.2, 0) is 9.47 Å². The summed E-state index contributed by atoms with van der Waals surface area (Å²) in [5.41, 5.74) is -0.511. The van der Waals surface area contributed by atoms with E-state index in [1.54, 1.807) is 19.3 Å². The maximum Gasteiger partial charge on any atom is 0.419 e. The van der Waals surface area contributed by atoms with Gasteiger partial charge in [0.05, 0.1) is 6.54 Å². The van der Waals surface area contributed by atoms with Crippen molar-refractivity contribution in [1.29, 1.82) is 0 Å². The molecular weight excluding hydrogens is 360 g/mol. The lowest BCUT2D eigenvalue weighted by molar-refractivity contribution is 0.0278. The molecule has 0 N–H and O–H groups in total. The number of carbonyl (C=O) groups excluding carboxylic acids is 2. The third-order valence-electron chi connectivity index (χ3n) is 3.65. The molecule has 154 valence electrons. The fraction of sp³-hybridized carbons (Fsp3) is 0.524. The van der Waals surface area contributed by atoms with Gasteiger partial charge in [-0.1, -0.05) is 12.1 Å². The quantitative estimate of drug-likeness (QED) is 0.759. The second-order valence-corrected chi connectivity index (χ2v) is 8.61. The summed E-state index contributed by atoms with van der Waals surface area (Å²) in [6.45, 7) is 11.5. The molecule has 7 heteroatoms. The van der Waals surface area contributed by atoms with Crippen molar-refractivity contribution in [2.75, 3.05) is 20.2 Å². The SMILES string of the molecule is CN(CCOc1cccc2ccn(C(=O)OC(C)(C)C)c12)C(=O)OC(C)(C)C. The van der Waals surface area contributed by atoms with Crippen LogP contribution in [0.1, 0.15) is 41.5 Å². The van der Waals surface area contributed by atoms with Gasteiger partial charge in [-0.05, 0) is 53.7 Å². The summed E-state index contributed by atoms with van der Waals surface area (Å²) < 4.78 is 18.1. The summed E-state index contributed by atoms with van der Waals surface area (Å²) in [4.78, 5) is 26.0. The Morgan fingerprint density at radius 3 is 2.25 bits per heavy atom. The van der Waals surface area contributed by atoms with E-state index in [9.17, 15) is 9.59 Å². The highest BCUT2D eigenvalue weighted by molar-refractivity contribution is 5.93. The third kappa shape index (κ3) is 5.90. The summed E-state index contributed by atoms with van der Waals surface area (Å²) in [5.74, 6) is 0.547. The van der Waals surface area contributed by atoms with Gasteiger partial charge >= 0.3 is 12.2 Å². The van der Waals surface area contributed by atoms with Crippen LogP contribution >= 0.6 is 0 Å². The molecule has 1 aromatic carbocycles. The third-order valence-corrected chi connectivity index (χ3v) is 3.65. The van der Waals surface area contributed by atoms with E-state index in [0.29, 0.717) is 17.8 Å². The van der Waals surface area contributed by atoms with E-state index in [1.165, 1.54) is 9.47 Å². The number of likely N-dealkylation sites (N-methyl/N-ethyl adjacent to an activating group) is 1. The average molecular weight is 390 g/mol. The summed E-state index contributed by atoms with van der Waals surface area (Å²) in [5, 5.41) is 0.865. The summed E-state index contributed by atoms with van der Waals surface area (Å²) in [6.07, 6.45) is 0.786. The van der Waals surface area contributed by atoms with Crippen molar-refractivity contribution >= 4 is 23.1 Å². The van der Waals surface area contributed by atoms with E-state index >= 15 is 0 Å². The van der Waals surface area contributed by atoms with E-state index in [2.05, 4.69) is 0 Å². The molecule has 0 aliphatic rings. The minimum absolute atomic E-state index is 0.258. The molecule has 0 aliphatic heterocycles. The number of para-hydroxylation sites is 1. The molecule has 0 saturated carbocycles. The summed E-state index contributed by atoms with van der Waals surface area (Å²) in [6, 6.07) is 7.38. The Hall–Kier alpha value is -2.70. The molecule has 0 radical (unpaired) electrons. The Morgan fingerprint density at radius 2 is 1.64 bits per heavy atom. The van der Waals surface area contributed by atoms with Crippen LogP contribution in [0, 0.1) is 0 Å². The number of hydrogen-bond acceptors (Lipinski definition) is 5. The summed E-state index contributed by atoms with van der Waals surface area (Å²) >= 11 is 0. The van der Waals surface area contributed by atoms with Crippen molar-refractivity contribution in [2.45, 2.75) is 52.7 Å². The molecule has 1 heterocycles. The molecule has 0 atom stereocenters. The topological polar surface area (TPSA) is 70.0 Å². The Bertz CT molecular complexity index is 843. The Labute approximate surface area is 166 Å². The van der Waals surface area contributed by atoms with Crippen molar-refractivity contribution in [2.24, 2.45) is 0 Å². The number of carbonyl (C=O) groups is 2. The number of aromatic nitrogens is 1. The number of rotatable bonds is 4. The molecule has 28 heavy (non-hydrogen) atoms. The van der Waals surface area contributed by atoms with Gasteiger partial charge in [0.25, 0.3) is 0 Å². The van der Waals surface area contributed by atoms with Crippen LogP contribution in [0.4, 0.5) is 9.59 Å². The van der Waals surface area contributed by atoms with Crippen LogP contribution < -0.4 is 4.74 Å². The molecule has 0 unspecified atom stereocenters. The van der Waals surface area contributed by atoms with Crippen molar-refractivity contribution in [3.63, 3.8) is 0 Å². The first-order chi connectivity index (χ1) is 12.9. The van der Waals surface area contributed by atoms with E-state index in [0.717, 1.165) is 5.39 Å². The smallest absolute Gasteiger partial charge is 0.419 e. The number of hydrogen-bond donors (Lipinski definition) is 0. The Balaban J connectivity index is 2.10. The zero-order valence-corrected chi connectivity index (χ0v) is 17.7. The molecule has 0 saturated heterocycles. The second kappa shape index (κ2) is 8.12. The number of amides is 1. The molecule has 0 aliphatic carbocycles. The number of ether oxygens (including phenoxy) is 3. The molecule has 2 rings (SSSR count). The van der Waals surface area contributed by atoms with Gasteiger partial charge in [0, 0.05) is 18.6 Å². The first-order valence-electron chi connectivity index (χ1n) is 9.28. The highest BCUT2D eigenvalue weighted by atomic mass is 16.6. The van der Waals surface area contributed by atoms with Crippen molar-refractivity contribution in [1.82, 2.24) is 9.47 Å². The molecule has 1 aromatic heterocycles. The average Bonchev–Trinajstić information content (AvgIpc) is 2.96.